The van der Waals surface area contributed by atoms with Crippen molar-refractivity contribution in [3.8, 4) is 0 Å². The maximum absolute atomic E-state index is 13.0. The monoisotopic (exact) mass is 376 g/mol. The Labute approximate surface area is 134 Å². The van der Waals surface area contributed by atoms with Crippen molar-refractivity contribution in [3.63, 3.8) is 0 Å². The zero-order valence-electron chi connectivity index (χ0n) is 12.3. The van der Waals surface area contributed by atoms with Crippen LogP contribution >= 0.6 is 15.9 Å². The normalized spacial score (nSPS) is 15.7. The van der Waals surface area contributed by atoms with Crippen LogP contribution in [0.2, 0.25) is 0 Å². The second kappa shape index (κ2) is 6.75. The van der Waals surface area contributed by atoms with Crippen LogP contribution in [-0.2, 0) is 21.3 Å². The summed E-state index contributed by atoms with van der Waals surface area (Å²) in [6.45, 7) is 2.96. The van der Waals surface area contributed by atoms with Crippen LogP contribution in [0.3, 0.4) is 0 Å². The zero-order valence-corrected chi connectivity index (χ0v) is 14.7. The fourth-order valence-electron chi connectivity index (χ4n) is 2.28. The Kier molecular flexibility index (Phi) is 5.43. The smallest absolute Gasteiger partial charge is 0.244 e. The molecule has 1 aromatic rings. The Morgan fingerprint density at radius 3 is 2.62 bits per heavy atom. The largest absolute Gasteiger partial charge is 0.383 e. The summed E-state index contributed by atoms with van der Waals surface area (Å²) in [5.41, 5.74) is 7.36. The van der Waals surface area contributed by atoms with Gasteiger partial charge in [0.1, 0.15) is 0 Å². The molecule has 1 aliphatic carbocycles. The van der Waals surface area contributed by atoms with Crippen molar-refractivity contribution in [2.24, 2.45) is 5.73 Å². The van der Waals surface area contributed by atoms with E-state index in [1.54, 1.807) is 17.5 Å². The van der Waals surface area contributed by atoms with Crippen LogP contribution in [0.4, 0.5) is 0 Å². The summed E-state index contributed by atoms with van der Waals surface area (Å²) < 4.78 is 33.1. The van der Waals surface area contributed by atoms with Crippen LogP contribution in [0.1, 0.15) is 24.0 Å². The van der Waals surface area contributed by atoms with Gasteiger partial charge in [-0.05, 0) is 52.9 Å². The van der Waals surface area contributed by atoms with E-state index in [9.17, 15) is 8.42 Å². The van der Waals surface area contributed by atoms with Gasteiger partial charge in [-0.25, -0.2) is 8.42 Å². The van der Waals surface area contributed by atoms with E-state index in [1.807, 2.05) is 13.0 Å². The highest BCUT2D eigenvalue weighted by Crippen LogP contribution is 2.35. The second-order valence-electron chi connectivity index (χ2n) is 5.27. The SMILES string of the molecule is COCCN(C1CC1)S(=O)(=O)c1cc(CN)cc(C)c1Br. The minimum Gasteiger partial charge on any atom is -0.383 e. The molecule has 0 unspecified atom stereocenters. The summed E-state index contributed by atoms with van der Waals surface area (Å²) in [6, 6.07) is 3.66. The van der Waals surface area contributed by atoms with E-state index in [4.69, 9.17) is 10.5 Å². The number of benzene rings is 1. The number of nitrogens with two attached hydrogens (primary N) is 1. The first kappa shape index (κ1) is 16.9. The number of methoxy groups -OCH3 is 1. The number of nitrogens with zero attached hydrogens (tertiary/aromatic N) is 1. The quantitative estimate of drug-likeness (QED) is 0.789. The molecule has 21 heavy (non-hydrogen) atoms. The average Bonchev–Trinajstić information content (AvgIpc) is 3.26. The molecule has 0 heterocycles. The molecular weight excluding hydrogens is 356 g/mol. The van der Waals surface area contributed by atoms with Gasteiger partial charge in [0, 0.05) is 30.7 Å². The molecule has 0 amide bonds. The van der Waals surface area contributed by atoms with E-state index in [-0.39, 0.29) is 6.04 Å². The first-order valence-electron chi connectivity index (χ1n) is 6.91. The number of ether oxygens (including phenoxy) is 1. The molecule has 118 valence electrons. The third-order valence-corrected chi connectivity index (χ3v) is 6.86. The zero-order chi connectivity index (χ0) is 15.6. The Morgan fingerprint density at radius 1 is 1.43 bits per heavy atom. The molecule has 1 aliphatic rings. The summed E-state index contributed by atoms with van der Waals surface area (Å²) in [5.74, 6) is 0. The summed E-state index contributed by atoms with van der Waals surface area (Å²) in [7, 11) is -1.97. The summed E-state index contributed by atoms with van der Waals surface area (Å²) in [5, 5.41) is 0. The Bertz CT molecular complexity index is 615. The molecule has 2 rings (SSSR count). The highest BCUT2D eigenvalue weighted by molar-refractivity contribution is 9.10. The van der Waals surface area contributed by atoms with Gasteiger partial charge in [0.15, 0.2) is 0 Å². The molecule has 0 spiro atoms. The molecule has 0 aromatic heterocycles. The van der Waals surface area contributed by atoms with Crippen LogP contribution in [0.25, 0.3) is 0 Å². The van der Waals surface area contributed by atoms with Crippen LogP contribution in [0, 0.1) is 6.92 Å². The minimum atomic E-state index is -3.54. The number of sulfonamides is 1. The molecule has 0 radical (unpaired) electrons. The maximum atomic E-state index is 13.0. The van der Waals surface area contributed by atoms with Crippen LogP contribution in [0.5, 0.6) is 0 Å². The van der Waals surface area contributed by atoms with Gasteiger partial charge in [0.2, 0.25) is 10.0 Å². The first-order valence-corrected chi connectivity index (χ1v) is 9.15. The fraction of sp³-hybridized carbons (Fsp3) is 0.571. The molecule has 0 saturated heterocycles. The Morgan fingerprint density at radius 2 is 2.10 bits per heavy atom. The van der Waals surface area contributed by atoms with Crippen LogP contribution < -0.4 is 5.73 Å². The summed E-state index contributed by atoms with van der Waals surface area (Å²) in [4.78, 5) is 0.297. The predicted molar refractivity (Wildman–Crippen MR) is 85.6 cm³/mol. The van der Waals surface area contributed by atoms with E-state index in [2.05, 4.69) is 15.9 Å². The van der Waals surface area contributed by atoms with E-state index in [0.29, 0.717) is 29.1 Å². The molecule has 2 N–H and O–H groups in total. The third kappa shape index (κ3) is 3.65. The maximum Gasteiger partial charge on any atom is 0.244 e. The van der Waals surface area contributed by atoms with Gasteiger partial charge in [0.25, 0.3) is 0 Å². The Hall–Kier alpha value is -0.470. The molecule has 1 saturated carbocycles. The van der Waals surface area contributed by atoms with Gasteiger partial charge < -0.3 is 10.5 Å². The third-order valence-electron chi connectivity index (χ3n) is 3.57. The average molecular weight is 377 g/mol. The predicted octanol–water partition coefficient (Wildman–Crippen LogP) is 2.02. The molecule has 7 heteroatoms. The molecule has 0 aliphatic heterocycles. The summed E-state index contributed by atoms with van der Waals surface area (Å²) >= 11 is 3.41. The topological polar surface area (TPSA) is 72.6 Å². The fourth-order valence-corrected chi connectivity index (χ4v) is 4.99. The molecule has 1 fully saturated rings. The van der Waals surface area contributed by atoms with Crippen molar-refractivity contribution in [1.82, 2.24) is 4.31 Å². The number of rotatable bonds is 7. The molecule has 0 bridgehead atoms. The number of halogens is 1. The highest BCUT2D eigenvalue weighted by Gasteiger charge is 2.38. The van der Waals surface area contributed by atoms with Gasteiger partial charge in [-0.1, -0.05) is 6.07 Å². The minimum absolute atomic E-state index is 0.0962. The second-order valence-corrected chi connectivity index (χ2v) is 7.92. The molecular formula is C14H21BrN2O3S. The lowest BCUT2D eigenvalue weighted by Gasteiger charge is -2.23. The van der Waals surface area contributed by atoms with Gasteiger partial charge in [-0.2, -0.15) is 4.31 Å². The Balaban J connectivity index is 2.44. The van der Waals surface area contributed by atoms with E-state index in [1.165, 1.54) is 0 Å². The van der Waals surface area contributed by atoms with E-state index >= 15 is 0 Å². The standard InChI is InChI=1S/C14H21BrN2O3S/c1-10-7-11(9-16)8-13(14(10)15)21(18,19)17(5-6-20-2)12-3-4-12/h7-8,12H,3-6,9,16H2,1-2H3. The molecule has 0 atom stereocenters. The van der Waals surface area contributed by atoms with E-state index < -0.39 is 10.0 Å². The van der Waals surface area contributed by atoms with Crippen LogP contribution in [0.15, 0.2) is 21.5 Å². The van der Waals surface area contributed by atoms with Gasteiger partial charge in [-0.3, -0.25) is 0 Å². The van der Waals surface area contributed by atoms with Crippen LogP contribution in [-0.4, -0.2) is 39.0 Å². The number of hydrogen-bond donors (Lipinski definition) is 1. The lowest BCUT2D eigenvalue weighted by atomic mass is 10.1. The number of aryl methyl sites for hydroxylation is 1. The highest BCUT2D eigenvalue weighted by atomic mass is 79.9. The number of hydrogen-bond acceptors (Lipinski definition) is 4. The van der Waals surface area contributed by atoms with Crippen molar-refractivity contribution < 1.29 is 13.2 Å². The van der Waals surface area contributed by atoms with Crippen molar-refractivity contribution >= 4 is 26.0 Å². The van der Waals surface area contributed by atoms with Crippen molar-refractivity contribution in [3.05, 3.63) is 27.7 Å². The van der Waals surface area contributed by atoms with Gasteiger partial charge in [-0.15, -0.1) is 0 Å². The van der Waals surface area contributed by atoms with Crippen molar-refractivity contribution in [2.45, 2.75) is 37.2 Å². The van der Waals surface area contributed by atoms with Crippen molar-refractivity contribution in [1.29, 1.82) is 0 Å². The lowest BCUT2D eigenvalue weighted by Crippen LogP contribution is -2.36. The van der Waals surface area contributed by atoms with Crippen molar-refractivity contribution in [2.75, 3.05) is 20.3 Å². The summed E-state index contributed by atoms with van der Waals surface area (Å²) in [6.07, 6.45) is 1.83. The first-order chi connectivity index (χ1) is 9.91. The van der Waals surface area contributed by atoms with E-state index in [0.717, 1.165) is 24.0 Å². The molecule has 5 nitrogen and oxygen atoms in total. The van der Waals surface area contributed by atoms with Gasteiger partial charge in [0.05, 0.1) is 11.5 Å². The van der Waals surface area contributed by atoms with Gasteiger partial charge >= 0.3 is 0 Å². The molecule has 1 aromatic carbocycles. The lowest BCUT2D eigenvalue weighted by molar-refractivity contribution is 0.177.